The normalized spacial score (nSPS) is 24.1. The Kier molecular flexibility index (Phi) is 3.23. The molecular weight excluding hydrogens is 172 g/mol. The van der Waals surface area contributed by atoms with Gasteiger partial charge >= 0.3 is 0 Å². The number of hydrogen-bond donors (Lipinski definition) is 2. The number of nitrogens with zero attached hydrogens (tertiary/aromatic N) is 2. The van der Waals surface area contributed by atoms with Gasteiger partial charge in [0.2, 0.25) is 0 Å². The summed E-state index contributed by atoms with van der Waals surface area (Å²) in [5.74, 6) is -0.549. The Hall–Kier alpha value is -1.12. The predicted molar refractivity (Wildman–Crippen MR) is 43.4 cm³/mol. The van der Waals surface area contributed by atoms with Gasteiger partial charge in [-0.15, -0.1) is 0 Å². The number of aliphatic hydroxyl groups is 2. The first-order chi connectivity index (χ1) is 6.20. The molecule has 0 aromatic carbocycles. The van der Waals surface area contributed by atoms with E-state index < -0.39 is 24.7 Å². The molecular formula is C8H12N2O3. The SMILES string of the molecule is N#CC1CCCN1C(=O)C(O)CO. The lowest BCUT2D eigenvalue weighted by Crippen LogP contribution is -2.43. The molecule has 1 fully saturated rings. The molecule has 1 heterocycles. The minimum absolute atomic E-state index is 0.436. The lowest BCUT2D eigenvalue weighted by Gasteiger charge is -2.21. The van der Waals surface area contributed by atoms with E-state index in [2.05, 4.69) is 0 Å². The minimum Gasteiger partial charge on any atom is -0.393 e. The van der Waals surface area contributed by atoms with E-state index >= 15 is 0 Å². The highest BCUT2D eigenvalue weighted by Gasteiger charge is 2.31. The van der Waals surface area contributed by atoms with Crippen LogP contribution in [0.15, 0.2) is 0 Å². The minimum atomic E-state index is -1.38. The monoisotopic (exact) mass is 184 g/mol. The van der Waals surface area contributed by atoms with E-state index in [4.69, 9.17) is 15.5 Å². The first-order valence-corrected chi connectivity index (χ1v) is 4.19. The van der Waals surface area contributed by atoms with Gasteiger partial charge in [-0.05, 0) is 12.8 Å². The van der Waals surface area contributed by atoms with Gasteiger partial charge in [0.1, 0.15) is 6.04 Å². The van der Waals surface area contributed by atoms with E-state index in [1.807, 2.05) is 6.07 Å². The van der Waals surface area contributed by atoms with Gasteiger partial charge in [0, 0.05) is 6.54 Å². The highest BCUT2D eigenvalue weighted by atomic mass is 16.3. The molecule has 2 N–H and O–H groups in total. The number of rotatable bonds is 2. The van der Waals surface area contributed by atoms with E-state index in [1.165, 1.54) is 4.90 Å². The standard InChI is InChI=1S/C8H12N2O3/c9-4-6-2-1-3-10(6)8(13)7(12)5-11/h6-7,11-12H,1-3,5H2. The summed E-state index contributed by atoms with van der Waals surface area (Å²) in [6.07, 6.45) is 0.0524. The van der Waals surface area contributed by atoms with Crippen molar-refractivity contribution < 1.29 is 15.0 Å². The molecule has 0 saturated carbocycles. The van der Waals surface area contributed by atoms with Gasteiger partial charge in [-0.2, -0.15) is 5.26 Å². The molecule has 1 saturated heterocycles. The zero-order chi connectivity index (χ0) is 9.84. The summed E-state index contributed by atoms with van der Waals surface area (Å²) in [7, 11) is 0. The van der Waals surface area contributed by atoms with E-state index in [0.29, 0.717) is 13.0 Å². The van der Waals surface area contributed by atoms with Crippen molar-refractivity contribution in [2.45, 2.75) is 25.0 Å². The molecule has 1 aliphatic heterocycles. The van der Waals surface area contributed by atoms with E-state index in [-0.39, 0.29) is 0 Å². The average molecular weight is 184 g/mol. The van der Waals surface area contributed by atoms with Crippen LogP contribution < -0.4 is 0 Å². The third-order valence-corrected chi connectivity index (χ3v) is 2.14. The van der Waals surface area contributed by atoms with Gasteiger partial charge < -0.3 is 15.1 Å². The maximum atomic E-state index is 11.3. The number of likely N-dealkylation sites (tertiary alicyclic amines) is 1. The van der Waals surface area contributed by atoms with Gasteiger partial charge in [0.05, 0.1) is 12.7 Å². The molecule has 13 heavy (non-hydrogen) atoms. The lowest BCUT2D eigenvalue weighted by molar-refractivity contribution is -0.142. The van der Waals surface area contributed by atoms with Crippen molar-refractivity contribution in [3.63, 3.8) is 0 Å². The van der Waals surface area contributed by atoms with Crippen molar-refractivity contribution in [1.82, 2.24) is 4.90 Å². The molecule has 5 heteroatoms. The van der Waals surface area contributed by atoms with Crippen molar-refractivity contribution >= 4 is 5.91 Å². The highest BCUT2D eigenvalue weighted by Crippen LogP contribution is 2.17. The molecule has 5 nitrogen and oxygen atoms in total. The van der Waals surface area contributed by atoms with Crippen LogP contribution in [0.5, 0.6) is 0 Å². The molecule has 2 atom stereocenters. The largest absolute Gasteiger partial charge is 0.393 e. The van der Waals surface area contributed by atoms with Crippen molar-refractivity contribution in [2.75, 3.05) is 13.2 Å². The Balaban J connectivity index is 2.61. The molecule has 0 aliphatic carbocycles. The molecule has 1 amide bonds. The summed E-state index contributed by atoms with van der Waals surface area (Å²) >= 11 is 0. The molecule has 72 valence electrons. The van der Waals surface area contributed by atoms with Gasteiger partial charge in [-0.3, -0.25) is 4.79 Å². The molecule has 0 radical (unpaired) electrons. The second-order valence-electron chi connectivity index (χ2n) is 3.02. The first-order valence-electron chi connectivity index (χ1n) is 4.19. The van der Waals surface area contributed by atoms with Crippen LogP contribution in [0, 0.1) is 11.3 Å². The Morgan fingerprint density at radius 2 is 2.46 bits per heavy atom. The first kappa shape index (κ1) is 9.96. The Morgan fingerprint density at radius 3 is 3.00 bits per heavy atom. The summed E-state index contributed by atoms with van der Waals surface area (Å²) in [4.78, 5) is 12.6. The Labute approximate surface area is 76.2 Å². The van der Waals surface area contributed by atoms with Crippen LogP contribution >= 0.6 is 0 Å². The summed E-state index contributed by atoms with van der Waals surface area (Å²) in [6.45, 7) is -0.0956. The van der Waals surface area contributed by atoms with Crippen LogP contribution in [0.3, 0.4) is 0 Å². The van der Waals surface area contributed by atoms with Crippen LogP contribution in [0.4, 0.5) is 0 Å². The lowest BCUT2D eigenvalue weighted by atomic mass is 10.2. The van der Waals surface area contributed by atoms with Crippen LogP contribution in [-0.4, -0.2) is 46.3 Å². The quantitative estimate of drug-likeness (QED) is 0.567. The number of carbonyl (C=O) groups is 1. The topological polar surface area (TPSA) is 84.6 Å². The summed E-state index contributed by atoms with van der Waals surface area (Å²) < 4.78 is 0. The summed E-state index contributed by atoms with van der Waals surface area (Å²) in [6, 6.07) is 1.55. The number of hydrogen-bond acceptors (Lipinski definition) is 4. The van der Waals surface area contributed by atoms with Gasteiger partial charge in [-0.1, -0.05) is 0 Å². The molecule has 1 aliphatic rings. The third-order valence-electron chi connectivity index (χ3n) is 2.14. The van der Waals surface area contributed by atoms with Crippen LogP contribution in [0.1, 0.15) is 12.8 Å². The van der Waals surface area contributed by atoms with Crippen LogP contribution in [0.25, 0.3) is 0 Å². The second kappa shape index (κ2) is 4.21. The molecule has 0 aromatic rings. The fourth-order valence-electron chi connectivity index (χ4n) is 1.43. The third kappa shape index (κ3) is 1.97. The van der Waals surface area contributed by atoms with Crippen molar-refractivity contribution in [3.8, 4) is 6.07 Å². The molecule has 0 bridgehead atoms. The fourth-order valence-corrected chi connectivity index (χ4v) is 1.43. The van der Waals surface area contributed by atoms with E-state index in [0.717, 1.165) is 6.42 Å². The van der Waals surface area contributed by atoms with E-state index in [1.54, 1.807) is 0 Å². The molecule has 0 aromatic heterocycles. The summed E-state index contributed by atoms with van der Waals surface area (Å²) in [5, 5.41) is 26.2. The fraction of sp³-hybridized carbons (Fsp3) is 0.750. The summed E-state index contributed by atoms with van der Waals surface area (Å²) in [5.41, 5.74) is 0. The molecule has 0 spiro atoms. The zero-order valence-electron chi connectivity index (χ0n) is 7.18. The van der Waals surface area contributed by atoms with Crippen LogP contribution in [0.2, 0.25) is 0 Å². The second-order valence-corrected chi connectivity index (χ2v) is 3.02. The number of amides is 1. The number of aliphatic hydroxyl groups excluding tert-OH is 2. The molecule has 2 unspecified atom stereocenters. The smallest absolute Gasteiger partial charge is 0.254 e. The zero-order valence-corrected chi connectivity index (χ0v) is 7.18. The molecule has 1 rings (SSSR count). The number of nitriles is 1. The Bertz CT molecular complexity index is 236. The maximum absolute atomic E-state index is 11.3. The predicted octanol–water partition coefficient (Wildman–Crippen LogP) is -1.15. The van der Waals surface area contributed by atoms with Crippen molar-refractivity contribution in [1.29, 1.82) is 5.26 Å². The average Bonchev–Trinajstić information content (AvgIpc) is 2.62. The van der Waals surface area contributed by atoms with Crippen molar-refractivity contribution in [2.24, 2.45) is 0 Å². The maximum Gasteiger partial charge on any atom is 0.254 e. The number of carbonyl (C=O) groups excluding carboxylic acids is 1. The van der Waals surface area contributed by atoms with Gasteiger partial charge in [0.25, 0.3) is 5.91 Å². The Morgan fingerprint density at radius 1 is 1.77 bits per heavy atom. The highest BCUT2D eigenvalue weighted by molar-refractivity contribution is 5.81. The van der Waals surface area contributed by atoms with Crippen LogP contribution in [-0.2, 0) is 4.79 Å². The van der Waals surface area contributed by atoms with Gasteiger partial charge in [0.15, 0.2) is 6.10 Å². The van der Waals surface area contributed by atoms with Crippen molar-refractivity contribution in [3.05, 3.63) is 0 Å². The van der Waals surface area contributed by atoms with E-state index in [9.17, 15) is 4.79 Å². The van der Waals surface area contributed by atoms with Gasteiger partial charge in [-0.25, -0.2) is 0 Å².